The normalized spacial score (nSPS) is 30.8. The predicted molar refractivity (Wildman–Crippen MR) is 64.7 cm³/mol. The summed E-state index contributed by atoms with van der Waals surface area (Å²) >= 11 is 0. The Hall–Kier alpha value is -1.10. The van der Waals surface area contributed by atoms with Crippen LogP contribution in [0.1, 0.15) is 44.9 Å². The Kier molecular flexibility index (Phi) is 2.81. The Labute approximate surface area is 107 Å². The largest absolute Gasteiger partial charge is 0.380 e. The van der Waals surface area contributed by atoms with Crippen LogP contribution >= 0.6 is 0 Å². The van der Waals surface area contributed by atoms with Crippen molar-refractivity contribution in [1.82, 2.24) is 10.2 Å². The van der Waals surface area contributed by atoms with Crippen LogP contribution in [0.4, 0.5) is 0 Å². The van der Waals surface area contributed by atoms with Crippen molar-refractivity contribution < 1.29 is 14.7 Å². The number of aliphatic hydroxyl groups is 1. The molecule has 0 aromatic carbocycles. The van der Waals surface area contributed by atoms with Crippen LogP contribution in [0.25, 0.3) is 0 Å². The van der Waals surface area contributed by atoms with Crippen LogP contribution in [0, 0.1) is 0 Å². The summed E-state index contributed by atoms with van der Waals surface area (Å²) in [6, 6.07) is 0.296. The van der Waals surface area contributed by atoms with Gasteiger partial charge in [-0.1, -0.05) is 0 Å². The first-order valence-electron chi connectivity index (χ1n) is 6.91. The highest BCUT2D eigenvalue weighted by atomic mass is 16.3. The first-order chi connectivity index (χ1) is 8.58. The van der Waals surface area contributed by atoms with Crippen LogP contribution in [-0.2, 0) is 9.59 Å². The summed E-state index contributed by atoms with van der Waals surface area (Å²) in [5.74, 6) is -0.142. The van der Waals surface area contributed by atoms with E-state index in [0.717, 1.165) is 25.7 Å². The smallest absolute Gasteiger partial charge is 0.252 e. The molecule has 100 valence electrons. The summed E-state index contributed by atoms with van der Waals surface area (Å²) in [5, 5.41) is 13.0. The first-order valence-corrected chi connectivity index (χ1v) is 6.91. The van der Waals surface area contributed by atoms with Gasteiger partial charge in [-0.3, -0.25) is 9.59 Å². The molecule has 0 aromatic rings. The molecule has 0 spiro atoms. The van der Waals surface area contributed by atoms with Crippen molar-refractivity contribution in [3.63, 3.8) is 0 Å². The predicted octanol–water partition coefficient (Wildman–Crippen LogP) is 0.171. The fourth-order valence-electron chi connectivity index (χ4n) is 3.07. The summed E-state index contributed by atoms with van der Waals surface area (Å²) in [7, 11) is 0. The third-order valence-corrected chi connectivity index (χ3v) is 4.33. The van der Waals surface area contributed by atoms with E-state index < -0.39 is 5.60 Å². The zero-order chi connectivity index (χ0) is 12.8. The minimum atomic E-state index is -1.18. The molecule has 0 radical (unpaired) electrons. The summed E-state index contributed by atoms with van der Waals surface area (Å²) in [4.78, 5) is 25.7. The van der Waals surface area contributed by atoms with Gasteiger partial charge in [0.05, 0.1) is 6.04 Å². The molecule has 2 aliphatic carbocycles. The van der Waals surface area contributed by atoms with E-state index in [1.54, 1.807) is 0 Å². The Bertz CT molecular complexity index is 372. The second-order valence-corrected chi connectivity index (χ2v) is 5.89. The summed E-state index contributed by atoms with van der Waals surface area (Å²) in [6.07, 6.45) is 5.48. The second-order valence-electron chi connectivity index (χ2n) is 5.89. The van der Waals surface area contributed by atoms with Crippen LogP contribution in [-0.4, -0.2) is 46.1 Å². The van der Waals surface area contributed by atoms with Gasteiger partial charge in [0, 0.05) is 19.0 Å². The van der Waals surface area contributed by atoms with Gasteiger partial charge in [-0.2, -0.15) is 0 Å². The van der Waals surface area contributed by atoms with Crippen molar-refractivity contribution in [3.8, 4) is 0 Å². The van der Waals surface area contributed by atoms with E-state index in [9.17, 15) is 14.7 Å². The van der Waals surface area contributed by atoms with E-state index in [4.69, 9.17) is 0 Å². The number of hydrogen-bond donors (Lipinski definition) is 2. The third kappa shape index (κ3) is 2.11. The van der Waals surface area contributed by atoms with Crippen molar-refractivity contribution in [2.75, 3.05) is 6.54 Å². The van der Waals surface area contributed by atoms with Gasteiger partial charge in [-0.05, 0) is 38.5 Å². The Morgan fingerprint density at radius 1 is 1.33 bits per heavy atom. The van der Waals surface area contributed by atoms with E-state index in [1.807, 2.05) is 4.90 Å². The molecule has 0 bridgehead atoms. The highest BCUT2D eigenvalue weighted by Crippen LogP contribution is 2.32. The molecule has 3 aliphatic rings. The quantitative estimate of drug-likeness (QED) is 0.752. The van der Waals surface area contributed by atoms with Crippen molar-refractivity contribution in [1.29, 1.82) is 0 Å². The number of nitrogens with zero attached hydrogens (tertiary/aromatic N) is 1. The van der Waals surface area contributed by atoms with E-state index in [0.29, 0.717) is 31.8 Å². The molecule has 3 rings (SSSR count). The fraction of sp³-hybridized carbons (Fsp3) is 0.846. The highest BCUT2D eigenvalue weighted by molar-refractivity contribution is 5.87. The number of rotatable bonds is 3. The molecule has 2 N–H and O–H groups in total. The molecule has 1 unspecified atom stereocenters. The summed E-state index contributed by atoms with van der Waals surface area (Å²) in [6.45, 7) is 0.616. The molecule has 2 saturated carbocycles. The second kappa shape index (κ2) is 4.23. The number of carbonyl (C=O) groups excluding carboxylic acids is 2. The molecular formula is C13H20N2O3. The van der Waals surface area contributed by atoms with Crippen molar-refractivity contribution in [3.05, 3.63) is 0 Å². The van der Waals surface area contributed by atoms with Crippen LogP contribution < -0.4 is 5.32 Å². The van der Waals surface area contributed by atoms with E-state index in [2.05, 4.69) is 5.32 Å². The van der Waals surface area contributed by atoms with Gasteiger partial charge in [0.1, 0.15) is 5.60 Å². The Morgan fingerprint density at radius 2 is 2.00 bits per heavy atom. The molecule has 2 amide bonds. The van der Waals surface area contributed by atoms with Crippen molar-refractivity contribution in [2.45, 2.75) is 62.6 Å². The average Bonchev–Trinajstić information content (AvgIpc) is 2.97. The van der Waals surface area contributed by atoms with Gasteiger partial charge in [-0.15, -0.1) is 0 Å². The maximum Gasteiger partial charge on any atom is 0.252 e. The molecule has 3 fully saturated rings. The molecule has 5 heteroatoms. The zero-order valence-electron chi connectivity index (χ0n) is 10.5. The number of hydrogen-bond acceptors (Lipinski definition) is 3. The molecular weight excluding hydrogens is 232 g/mol. The monoisotopic (exact) mass is 252 g/mol. The molecule has 1 aliphatic heterocycles. The Morgan fingerprint density at radius 3 is 2.61 bits per heavy atom. The lowest BCUT2D eigenvalue weighted by Gasteiger charge is -2.23. The number of carbonyl (C=O) groups is 2. The third-order valence-electron chi connectivity index (χ3n) is 4.33. The van der Waals surface area contributed by atoms with Gasteiger partial charge >= 0.3 is 0 Å². The number of nitrogens with one attached hydrogen (secondary N) is 1. The molecule has 1 heterocycles. The van der Waals surface area contributed by atoms with E-state index in [-0.39, 0.29) is 17.9 Å². The summed E-state index contributed by atoms with van der Waals surface area (Å²) in [5.41, 5.74) is -1.18. The SMILES string of the molecule is O=C1CC(NC(=O)C2(O)CCCC2)CN1C1CC1. The van der Waals surface area contributed by atoms with E-state index in [1.165, 1.54) is 0 Å². The lowest BCUT2D eigenvalue weighted by atomic mass is 10.0. The van der Waals surface area contributed by atoms with Crippen LogP contribution in [0.3, 0.4) is 0 Å². The van der Waals surface area contributed by atoms with Gasteiger partial charge in [0.25, 0.3) is 5.91 Å². The van der Waals surface area contributed by atoms with E-state index >= 15 is 0 Å². The maximum absolute atomic E-state index is 12.0. The van der Waals surface area contributed by atoms with Gasteiger partial charge < -0.3 is 15.3 Å². The topological polar surface area (TPSA) is 69.6 Å². The van der Waals surface area contributed by atoms with Crippen molar-refractivity contribution >= 4 is 11.8 Å². The standard InChI is InChI=1S/C13H20N2O3/c16-11-7-9(8-15(11)10-3-4-10)14-12(17)13(18)5-1-2-6-13/h9-10,18H,1-8H2,(H,14,17). The molecule has 1 atom stereocenters. The first kappa shape index (κ1) is 12.0. The average molecular weight is 252 g/mol. The summed E-state index contributed by atoms with van der Waals surface area (Å²) < 4.78 is 0. The maximum atomic E-state index is 12.0. The van der Waals surface area contributed by atoms with Gasteiger partial charge in [0.15, 0.2) is 0 Å². The molecule has 1 saturated heterocycles. The fourth-order valence-corrected chi connectivity index (χ4v) is 3.07. The van der Waals surface area contributed by atoms with Crippen LogP contribution in [0.2, 0.25) is 0 Å². The lowest BCUT2D eigenvalue weighted by molar-refractivity contribution is -0.139. The molecule has 18 heavy (non-hydrogen) atoms. The van der Waals surface area contributed by atoms with Crippen LogP contribution in [0.15, 0.2) is 0 Å². The molecule has 0 aromatic heterocycles. The number of likely N-dealkylation sites (tertiary alicyclic amines) is 1. The van der Waals surface area contributed by atoms with Gasteiger partial charge in [-0.25, -0.2) is 0 Å². The van der Waals surface area contributed by atoms with Crippen LogP contribution in [0.5, 0.6) is 0 Å². The van der Waals surface area contributed by atoms with Gasteiger partial charge in [0.2, 0.25) is 5.91 Å². The number of amides is 2. The molecule has 5 nitrogen and oxygen atoms in total. The highest BCUT2D eigenvalue weighted by Gasteiger charge is 2.43. The minimum absolute atomic E-state index is 0.116. The van der Waals surface area contributed by atoms with Crippen molar-refractivity contribution in [2.24, 2.45) is 0 Å². The lowest BCUT2D eigenvalue weighted by Crippen LogP contribution is -2.49. The zero-order valence-corrected chi connectivity index (χ0v) is 10.5. The Balaban J connectivity index is 1.57. The minimum Gasteiger partial charge on any atom is -0.380 e.